The zero-order chi connectivity index (χ0) is 20.2. The molecule has 6 rings (SSSR count). The Balaban J connectivity index is 1.22. The van der Waals surface area contributed by atoms with Crippen molar-refractivity contribution in [3.05, 3.63) is 74.5 Å². The summed E-state index contributed by atoms with van der Waals surface area (Å²) in [6.45, 7) is 1.99. The second kappa shape index (κ2) is 7.40. The minimum Gasteiger partial charge on any atom is -0.340 e. The summed E-state index contributed by atoms with van der Waals surface area (Å²) in [5, 5.41) is 1.65. The molecule has 1 N–H and O–H groups in total. The van der Waals surface area contributed by atoms with Gasteiger partial charge in [0.15, 0.2) is 0 Å². The zero-order valence-electron chi connectivity index (χ0n) is 16.9. The van der Waals surface area contributed by atoms with E-state index in [1.54, 1.807) is 0 Å². The van der Waals surface area contributed by atoms with Gasteiger partial charge in [0.2, 0.25) is 0 Å². The van der Waals surface area contributed by atoms with Crippen LogP contribution in [0, 0.1) is 0 Å². The van der Waals surface area contributed by atoms with Gasteiger partial charge in [-0.2, -0.15) is 0 Å². The number of benzene rings is 2. The fourth-order valence-corrected chi connectivity index (χ4v) is 5.64. The Morgan fingerprint density at radius 2 is 1.87 bits per heavy atom. The number of nitrogens with zero attached hydrogens (tertiary/aromatic N) is 2. The number of fused-ring (bicyclic) bond motifs is 2. The molecule has 154 valence electrons. The van der Waals surface area contributed by atoms with Crippen LogP contribution in [0.4, 0.5) is 0 Å². The summed E-state index contributed by atoms with van der Waals surface area (Å²) < 4.78 is 0. The minimum atomic E-state index is 0.567. The van der Waals surface area contributed by atoms with E-state index in [0.717, 1.165) is 53.8 Å². The number of nitrogens with one attached hydrogen (secondary N) is 1. The molecule has 1 fully saturated rings. The Labute approximate surface area is 187 Å². The van der Waals surface area contributed by atoms with Gasteiger partial charge in [0, 0.05) is 36.1 Å². The summed E-state index contributed by atoms with van der Waals surface area (Å²) >= 11 is 12.9. The third kappa shape index (κ3) is 3.47. The second-order valence-corrected chi connectivity index (χ2v) is 9.90. The van der Waals surface area contributed by atoms with Crippen molar-refractivity contribution in [1.29, 1.82) is 0 Å². The van der Waals surface area contributed by atoms with Gasteiger partial charge in [-0.05, 0) is 79.0 Å². The third-order valence-electron chi connectivity index (χ3n) is 7.05. The molecule has 2 aromatic carbocycles. The normalized spacial score (nSPS) is 21.3. The summed E-state index contributed by atoms with van der Waals surface area (Å²) in [5.41, 5.74) is 7.70. The first-order valence-corrected chi connectivity index (χ1v) is 11.8. The molecule has 3 nitrogen and oxygen atoms in total. The molecule has 1 atom stereocenters. The van der Waals surface area contributed by atoms with Gasteiger partial charge in [0.1, 0.15) is 5.82 Å². The molecule has 1 aliphatic heterocycles. The number of rotatable bonds is 3. The smallest absolute Gasteiger partial charge is 0.139 e. The fourth-order valence-electron chi connectivity index (χ4n) is 5.17. The van der Waals surface area contributed by atoms with E-state index in [-0.39, 0.29) is 0 Å². The van der Waals surface area contributed by atoms with Gasteiger partial charge >= 0.3 is 0 Å². The maximum Gasteiger partial charge on any atom is 0.139 e. The third-order valence-corrected chi connectivity index (χ3v) is 7.59. The molecule has 1 aromatic heterocycles. The van der Waals surface area contributed by atoms with E-state index in [1.165, 1.54) is 47.3 Å². The zero-order valence-corrected chi connectivity index (χ0v) is 18.4. The van der Waals surface area contributed by atoms with Crippen LogP contribution in [0.15, 0.2) is 36.4 Å². The standard InChI is InChI=1S/C25H25Cl2N3/c26-19-6-3-16-4-7-20(12-18(16)11-19)30-10-9-23-24(14-30)29-25(28-23)21-8-5-17(13-22(21)27)15-1-2-15/h3,5-6,8,11,13,15,20H,1-2,4,7,9-10,12,14H2,(H,28,29). The van der Waals surface area contributed by atoms with E-state index in [2.05, 4.69) is 40.2 Å². The fraction of sp³-hybridized carbons (Fsp3) is 0.400. The second-order valence-electron chi connectivity index (χ2n) is 9.05. The molecule has 3 aromatic rings. The van der Waals surface area contributed by atoms with E-state index in [0.29, 0.717) is 12.0 Å². The first-order chi connectivity index (χ1) is 14.6. The maximum atomic E-state index is 6.63. The minimum absolute atomic E-state index is 0.567. The molecule has 0 radical (unpaired) electrons. The van der Waals surface area contributed by atoms with Crippen LogP contribution in [0.25, 0.3) is 11.4 Å². The van der Waals surface area contributed by atoms with Gasteiger partial charge < -0.3 is 4.98 Å². The molecule has 0 amide bonds. The van der Waals surface area contributed by atoms with Gasteiger partial charge in [0.05, 0.1) is 16.4 Å². The highest BCUT2D eigenvalue weighted by atomic mass is 35.5. The molecule has 30 heavy (non-hydrogen) atoms. The highest BCUT2D eigenvalue weighted by Gasteiger charge is 2.29. The number of H-pyrrole nitrogens is 1. The van der Waals surface area contributed by atoms with Crippen LogP contribution < -0.4 is 0 Å². The molecule has 1 saturated carbocycles. The van der Waals surface area contributed by atoms with Crippen molar-refractivity contribution in [3.63, 3.8) is 0 Å². The number of aromatic amines is 1. The van der Waals surface area contributed by atoms with Crippen LogP contribution in [0.2, 0.25) is 10.0 Å². The Morgan fingerprint density at radius 3 is 2.70 bits per heavy atom. The first-order valence-electron chi connectivity index (χ1n) is 11.0. The summed E-state index contributed by atoms with van der Waals surface area (Å²) in [6.07, 6.45) is 7.00. The topological polar surface area (TPSA) is 31.9 Å². The number of hydrogen-bond donors (Lipinski definition) is 1. The average molecular weight is 438 g/mol. The molecule has 0 saturated heterocycles. The highest BCUT2D eigenvalue weighted by Crippen LogP contribution is 2.42. The summed E-state index contributed by atoms with van der Waals surface area (Å²) in [5.74, 6) is 1.63. The SMILES string of the molecule is Clc1ccc2c(c1)CC(N1CCc3nc(-c4ccc(C5CC5)cc4Cl)[nH]c3C1)CC2. The molecule has 1 unspecified atom stereocenters. The van der Waals surface area contributed by atoms with E-state index in [1.807, 2.05) is 6.07 Å². The number of aryl methyl sites for hydroxylation is 1. The number of halogens is 2. The van der Waals surface area contributed by atoms with Crippen LogP contribution in [-0.4, -0.2) is 27.5 Å². The van der Waals surface area contributed by atoms with Crippen molar-refractivity contribution in [3.8, 4) is 11.4 Å². The largest absolute Gasteiger partial charge is 0.340 e. The van der Waals surface area contributed by atoms with Crippen molar-refractivity contribution in [2.75, 3.05) is 6.54 Å². The molecule has 0 spiro atoms. The summed E-state index contributed by atoms with van der Waals surface area (Å²) in [6, 6.07) is 13.4. The van der Waals surface area contributed by atoms with Crippen LogP contribution in [0.3, 0.4) is 0 Å². The van der Waals surface area contributed by atoms with Gasteiger partial charge in [-0.15, -0.1) is 0 Å². The van der Waals surface area contributed by atoms with Crippen molar-refractivity contribution in [2.24, 2.45) is 0 Å². The van der Waals surface area contributed by atoms with E-state index in [9.17, 15) is 0 Å². The van der Waals surface area contributed by atoms with Crippen molar-refractivity contribution in [1.82, 2.24) is 14.9 Å². The predicted molar refractivity (Wildman–Crippen MR) is 122 cm³/mol. The number of aromatic nitrogens is 2. The lowest BCUT2D eigenvalue weighted by molar-refractivity contribution is 0.160. The lowest BCUT2D eigenvalue weighted by Gasteiger charge is -2.37. The van der Waals surface area contributed by atoms with Crippen LogP contribution in [0.1, 0.15) is 53.3 Å². The van der Waals surface area contributed by atoms with Gasteiger partial charge in [0.25, 0.3) is 0 Å². The average Bonchev–Trinajstić information content (AvgIpc) is 3.52. The molecule has 2 aliphatic carbocycles. The van der Waals surface area contributed by atoms with Gasteiger partial charge in [-0.1, -0.05) is 35.3 Å². The molecule has 3 aliphatic rings. The first kappa shape index (κ1) is 18.9. The van der Waals surface area contributed by atoms with E-state index >= 15 is 0 Å². The van der Waals surface area contributed by atoms with Gasteiger partial charge in [-0.3, -0.25) is 4.90 Å². The number of imidazole rings is 1. The molecule has 0 bridgehead atoms. The molecular weight excluding hydrogens is 413 g/mol. The molecule has 5 heteroatoms. The van der Waals surface area contributed by atoms with Crippen molar-refractivity contribution in [2.45, 2.75) is 57.0 Å². The predicted octanol–water partition coefficient (Wildman–Crippen LogP) is 6.18. The van der Waals surface area contributed by atoms with E-state index < -0.39 is 0 Å². The Hall–Kier alpha value is -1.81. The molecular formula is C25H25Cl2N3. The monoisotopic (exact) mass is 437 g/mol. The molecule has 2 heterocycles. The van der Waals surface area contributed by atoms with E-state index in [4.69, 9.17) is 28.2 Å². The Kier molecular flexibility index (Phi) is 4.67. The van der Waals surface area contributed by atoms with Crippen molar-refractivity contribution >= 4 is 23.2 Å². The lowest BCUT2D eigenvalue weighted by atomic mass is 9.87. The Morgan fingerprint density at radius 1 is 0.967 bits per heavy atom. The van der Waals surface area contributed by atoms with Crippen LogP contribution >= 0.6 is 23.2 Å². The van der Waals surface area contributed by atoms with Crippen LogP contribution in [-0.2, 0) is 25.8 Å². The Bertz CT molecular complexity index is 1120. The summed E-state index contributed by atoms with van der Waals surface area (Å²) in [4.78, 5) is 11.1. The highest BCUT2D eigenvalue weighted by molar-refractivity contribution is 6.33. The number of hydrogen-bond acceptors (Lipinski definition) is 2. The lowest BCUT2D eigenvalue weighted by Crippen LogP contribution is -2.42. The summed E-state index contributed by atoms with van der Waals surface area (Å²) in [7, 11) is 0. The van der Waals surface area contributed by atoms with Crippen LogP contribution in [0.5, 0.6) is 0 Å². The van der Waals surface area contributed by atoms with Crippen molar-refractivity contribution < 1.29 is 0 Å². The van der Waals surface area contributed by atoms with Gasteiger partial charge in [-0.25, -0.2) is 4.98 Å². The maximum absolute atomic E-state index is 6.63. The quantitative estimate of drug-likeness (QED) is 0.530.